The minimum Gasteiger partial charge on any atom is -0.479 e. The van der Waals surface area contributed by atoms with Gasteiger partial charge in [-0.2, -0.15) is 0 Å². The van der Waals surface area contributed by atoms with Crippen molar-refractivity contribution in [1.82, 2.24) is 15.1 Å². The van der Waals surface area contributed by atoms with E-state index in [4.69, 9.17) is 4.74 Å². The molecule has 0 fully saturated rings. The van der Waals surface area contributed by atoms with Crippen molar-refractivity contribution in [3.8, 4) is 5.88 Å². The smallest absolute Gasteiger partial charge is 0.258 e. The number of aliphatic hydroxyl groups is 1. The van der Waals surface area contributed by atoms with E-state index < -0.39 is 5.60 Å². The number of aromatic nitrogens is 2. The molecule has 3 rings (SSSR count). The van der Waals surface area contributed by atoms with Gasteiger partial charge in [0.25, 0.3) is 5.91 Å². The zero-order valence-corrected chi connectivity index (χ0v) is 14.6. The van der Waals surface area contributed by atoms with Gasteiger partial charge in [-0.25, -0.2) is 0 Å². The van der Waals surface area contributed by atoms with Crippen LogP contribution in [0.4, 0.5) is 0 Å². The second-order valence-electron chi connectivity index (χ2n) is 5.83. The van der Waals surface area contributed by atoms with Gasteiger partial charge in [0.05, 0.1) is 13.7 Å². The lowest BCUT2D eigenvalue weighted by Crippen LogP contribution is -2.38. The first-order chi connectivity index (χ1) is 11.4. The lowest BCUT2D eigenvalue weighted by Gasteiger charge is -2.22. The maximum Gasteiger partial charge on any atom is 0.258 e. The van der Waals surface area contributed by atoms with Crippen LogP contribution in [0, 0.1) is 0 Å². The van der Waals surface area contributed by atoms with Crippen molar-refractivity contribution in [2.24, 2.45) is 7.05 Å². The third-order valence-electron chi connectivity index (χ3n) is 3.78. The summed E-state index contributed by atoms with van der Waals surface area (Å²) in [5, 5.41) is 18.6. The molecule has 3 aromatic rings. The fraction of sp³-hybridized carbons (Fsp3) is 0.294. The molecule has 0 unspecified atom stereocenters. The molecule has 0 aliphatic heterocycles. The van der Waals surface area contributed by atoms with Gasteiger partial charge in [-0.05, 0) is 24.4 Å². The summed E-state index contributed by atoms with van der Waals surface area (Å²) in [7, 11) is 3.18. The van der Waals surface area contributed by atoms with Crippen molar-refractivity contribution >= 4 is 27.3 Å². The Morgan fingerprint density at radius 1 is 1.46 bits per heavy atom. The molecule has 2 N–H and O–H groups in total. The van der Waals surface area contributed by atoms with Gasteiger partial charge in [-0.15, -0.1) is 16.4 Å². The highest BCUT2D eigenvalue weighted by Gasteiger charge is 2.27. The highest BCUT2D eigenvalue weighted by atomic mass is 32.1. The Kier molecular flexibility index (Phi) is 4.29. The minimum atomic E-state index is -1.16. The van der Waals surface area contributed by atoms with Crippen molar-refractivity contribution in [3.05, 3.63) is 47.0 Å². The van der Waals surface area contributed by atoms with E-state index in [2.05, 4.69) is 10.4 Å². The minimum absolute atomic E-state index is 0.0940. The van der Waals surface area contributed by atoms with Crippen molar-refractivity contribution in [1.29, 1.82) is 0 Å². The van der Waals surface area contributed by atoms with Crippen LogP contribution in [-0.4, -0.2) is 34.4 Å². The highest BCUT2D eigenvalue weighted by molar-refractivity contribution is 7.19. The van der Waals surface area contributed by atoms with E-state index in [1.165, 1.54) is 23.1 Å². The van der Waals surface area contributed by atoms with Crippen LogP contribution in [0.5, 0.6) is 5.88 Å². The summed E-state index contributed by atoms with van der Waals surface area (Å²) in [6, 6.07) is 9.90. The average Bonchev–Trinajstić information content (AvgIpc) is 3.16. The molecule has 0 spiro atoms. The fourth-order valence-corrected chi connectivity index (χ4v) is 3.56. The number of carbonyl (C=O) groups excluding carboxylic acids is 1. The molecular formula is C17H19N3O3S. The van der Waals surface area contributed by atoms with Crippen LogP contribution in [0.25, 0.3) is 10.1 Å². The Balaban J connectivity index is 1.75. The van der Waals surface area contributed by atoms with Gasteiger partial charge in [0, 0.05) is 22.8 Å². The summed E-state index contributed by atoms with van der Waals surface area (Å²) in [6.07, 6.45) is 1.59. The first kappa shape index (κ1) is 16.5. The number of nitrogens with one attached hydrogen (secondary N) is 1. The number of thiophene rings is 1. The third-order valence-corrected chi connectivity index (χ3v) is 5.15. The summed E-state index contributed by atoms with van der Waals surface area (Å²) >= 11 is 1.52. The van der Waals surface area contributed by atoms with Crippen LogP contribution in [0.2, 0.25) is 0 Å². The summed E-state index contributed by atoms with van der Waals surface area (Å²) in [4.78, 5) is 13.1. The van der Waals surface area contributed by atoms with E-state index >= 15 is 0 Å². The van der Waals surface area contributed by atoms with Crippen LogP contribution < -0.4 is 10.1 Å². The molecule has 2 heterocycles. The van der Waals surface area contributed by atoms with Crippen LogP contribution in [0.1, 0.15) is 22.2 Å². The molecule has 0 bridgehead atoms. The Morgan fingerprint density at radius 2 is 2.21 bits per heavy atom. The van der Waals surface area contributed by atoms with E-state index in [0.717, 1.165) is 15.0 Å². The molecule has 1 atom stereocenters. The quantitative estimate of drug-likeness (QED) is 0.744. The number of methoxy groups -OCH3 is 1. The maximum absolute atomic E-state index is 12.3. The van der Waals surface area contributed by atoms with Crippen molar-refractivity contribution in [3.63, 3.8) is 0 Å². The number of aryl methyl sites for hydroxylation is 1. The summed E-state index contributed by atoms with van der Waals surface area (Å²) in [6.45, 7) is 1.79. The number of hydrogen-bond donors (Lipinski definition) is 2. The highest BCUT2D eigenvalue weighted by Crippen LogP contribution is 2.32. The summed E-state index contributed by atoms with van der Waals surface area (Å²) < 4.78 is 7.71. The zero-order valence-electron chi connectivity index (χ0n) is 13.7. The van der Waals surface area contributed by atoms with Gasteiger partial charge in [0.15, 0.2) is 0 Å². The van der Waals surface area contributed by atoms with Gasteiger partial charge in [-0.1, -0.05) is 18.2 Å². The van der Waals surface area contributed by atoms with Gasteiger partial charge >= 0.3 is 0 Å². The largest absolute Gasteiger partial charge is 0.479 e. The molecule has 0 radical (unpaired) electrons. The number of rotatable bonds is 5. The number of amides is 1. The van der Waals surface area contributed by atoms with Crippen LogP contribution in [-0.2, 0) is 12.6 Å². The standard InChI is InChI=1S/C17H19N3O3S/c1-17(22,14-8-11-6-4-5-7-13(11)24-14)10-18-15(21)12-9-20(2)19-16(12)23-3/h4-9,22H,10H2,1-3H3,(H,18,21)/t17-/m1/s1. The number of fused-ring (bicyclic) bond motifs is 1. The summed E-state index contributed by atoms with van der Waals surface area (Å²) in [5.74, 6) is -0.0714. The molecule has 0 aliphatic carbocycles. The predicted octanol–water partition coefficient (Wildman–Crippen LogP) is 2.28. The second kappa shape index (κ2) is 6.26. The molecule has 6 nitrogen and oxygen atoms in total. The second-order valence-corrected chi connectivity index (χ2v) is 6.91. The van der Waals surface area contributed by atoms with Gasteiger partial charge in [0.1, 0.15) is 11.2 Å². The Labute approximate surface area is 143 Å². The Hall–Kier alpha value is -2.38. The van der Waals surface area contributed by atoms with Crippen molar-refractivity contribution in [2.75, 3.05) is 13.7 Å². The van der Waals surface area contributed by atoms with E-state index in [1.54, 1.807) is 20.2 Å². The number of benzene rings is 1. The van der Waals surface area contributed by atoms with Gasteiger partial charge in [0.2, 0.25) is 5.88 Å². The molecule has 1 aromatic carbocycles. The zero-order chi connectivity index (χ0) is 17.3. The third kappa shape index (κ3) is 3.13. The van der Waals surface area contributed by atoms with Crippen LogP contribution in [0.3, 0.4) is 0 Å². The van der Waals surface area contributed by atoms with Gasteiger partial charge < -0.3 is 15.2 Å². The molecule has 2 aromatic heterocycles. The van der Waals surface area contributed by atoms with Crippen molar-refractivity contribution in [2.45, 2.75) is 12.5 Å². The summed E-state index contributed by atoms with van der Waals surface area (Å²) in [5.41, 5.74) is -0.818. The monoisotopic (exact) mass is 345 g/mol. The van der Waals surface area contributed by atoms with E-state index in [0.29, 0.717) is 5.56 Å². The number of ether oxygens (including phenoxy) is 1. The molecule has 1 amide bonds. The van der Waals surface area contributed by atoms with Gasteiger partial charge in [-0.3, -0.25) is 9.48 Å². The first-order valence-corrected chi connectivity index (χ1v) is 8.29. The molecule has 0 saturated carbocycles. The lowest BCUT2D eigenvalue weighted by molar-refractivity contribution is 0.0556. The Morgan fingerprint density at radius 3 is 2.92 bits per heavy atom. The van der Waals surface area contributed by atoms with Crippen LogP contribution >= 0.6 is 11.3 Å². The maximum atomic E-state index is 12.3. The Bertz CT molecular complexity index is 849. The fourth-order valence-electron chi connectivity index (χ4n) is 2.46. The number of carbonyl (C=O) groups is 1. The molecule has 0 saturated heterocycles. The average molecular weight is 345 g/mol. The molecule has 7 heteroatoms. The van der Waals surface area contributed by atoms with Crippen LogP contribution in [0.15, 0.2) is 36.5 Å². The van der Waals surface area contributed by atoms with Crippen molar-refractivity contribution < 1.29 is 14.6 Å². The normalized spacial score (nSPS) is 13.7. The van der Waals surface area contributed by atoms with E-state index in [9.17, 15) is 9.90 Å². The van der Waals surface area contributed by atoms with E-state index in [1.807, 2.05) is 30.3 Å². The molecule has 126 valence electrons. The molecular weight excluding hydrogens is 326 g/mol. The molecule has 0 aliphatic rings. The lowest BCUT2D eigenvalue weighted by atomic mass is 10.0. The number of hydrogen-bond acceptors (Lipinski definition) is 5. The topological polar surface area (TPSA) is 76.4 Å². The predicted molar refractivity (Wildman–Crippen MR) is 93.5 cm³/mol. The van der Waals surface area contributed by atoms with E-state index in [-0.39, 0.29) is 18.3 Å². The molecule has 24 heavy (non-hydrogen) atoms. The first-order valence-electron chi connectivity index (χ1n) is 7.48. The SMILES string of the molecule is COc1nn(C)cc1C(=O)NC[C@@](C)(O)c1cc2ccccc2s1. The number of nitrogens with zero attached hydrogens (tertiary/aromatic N) is 2.